The van der Waals surface area contributed by atoms with E-state index in [1.54, 1.807) is 4.90 Å². The molecule has 0 unspecified atom stereocenters. The number of hydrogen-bond donors (Lipinski definition) is 2. The van der Waals surface area contributed by atoms with E-state index < -0.39 is 5.97 Å². The molecule has 104 valence electrons. The number of hydrogen-bond acceptors (Lipinski definition) is 3. The molecule has 0 saturated carbocycles. The predicted octanol–water partition coefficient (Wildman–Crippen LogP) is 1.06. The molecule has 1 fully saturated rings. The number of ether oxygens (including phenoxy) is 1. The summed E-state index contributed by atoms with van der Waals surface area (Å²) in [5.41, 5.74) is -0.242. The molecule has 1 heterocycles. The van der Waals surface area contributed by atoms with Gasteiger partial charge in [-0.15, -0.1) is 0 Å². The van der Waals surface area contributed by atoms with Crippen molar-refractivity contribution in [2.45, 2.75) is 45.3 Å². The van der Waals surface area contributed by atoms with Gasteiger partial charge in [0.15, 0.2) is 0 Å². The number of carbonyl (C=O) groups is 2. The summed E-state index contributed by atoms with van der Waals surface area (Å²) in [6, 6.07) is -0.0702. The van der Waals surface area contributed by atoms with E-state index in [-0.39, 0.29) is 24.3 Å². The number of carboxylic acid groups (broad SMARTS) is 1. The highest BCUT2D eigenvalue weighted by molar-refractivity contribution is 5.75. The molecule has 1 saturated heterocycles. The maximum Gasteiger partial charge on any atom is 0.329 e. The molecule has 0 radical (unpaired) electrons. The molecule has 0 atom stereocenters. The quantitative estimate of drug-likeness (QED) is 0.793. The summed E-state index contributed by atoms with van der Waals surface area (Å²) in [6.07, 6.45) is 1.31. The zero-order chi connectivity index (χ0) is 13.8. The number of aliphatic carboxylic acids is 1. The van der Waals surface area contributed by atoms with Crippen LogP contribution < -0.4 is 5.32 Å². The van der Waals surface area contributed by atoms with Crippen molar-refractivity contribution in [1.82, 2.24) is 10.2 Å². The average molecular weight is 258 g/mol. The van der Waals surface area contributed by atoms with Crippen LogP contribution in [0.1, 0.15) is 33.6 Å². The van der Waals surface area contributed by atoms with E-state index in [4.69, 9.17) is 9.84 Å². The number of likely N-dealkylation sites (tertiary alicyclic amines) is 1. The molecule has 0 aromatic heterocycles. The number of carbonyl (C=O) groups excluding carboxylic acids is 1. The van der Waals surface area contributed by atoms with Crippen molar-refractivity contribution in [3.05, 3.63) is 0 Å². The molecule has 0 bridgehead atoms. The lowest BCUT2D eigenvalue weighted by Gasteiger charge is -2.34. The van der Waals surface area contributed by atoms with E-state index in [9.17, 15) is 9.59 Å². The standard InChI is InChI=1S/C12H22N2O4/c1-12(2,3)13-11(17)14-6-4-9(5-7-14)18-8-10(15)16/h9H,4-8H2,1-3H3,(H,13,17)(H,15,16). The minimum absolute atomic E-state index is 0.0558. The van der Waals surface area contributed by atoms with Crippen LogP contribution in [0, 0.1) is 0 Å². The lowest BCUT2D eigenvalue weighted by molar-refractivity contribution is -0.145. The van der Waals surface area contributed by atoms with Gasteiger partial charge in [0.25, 0.3) is 0 Å². The summed E-state index contributed by atoms with van der Waals surface area (Å²) in [6.45, 7) is 6.76. The monoisotopic (exact) mass is 258 g/mol. The molecule has 1 aliphatic rings. The number of rotatable bonds is 3. The highest BCUT2D eigenvalue weighted by Crippen LogP contribution is 2.14. The molecule has 0 aliphatic carbocycles. The first kappa shape index (κ1) is 14.8. The fraction of sp³-hybridized carbons (Fsp3) is 0.833. The highest BCUT2D eigenvalue weighted by Gasteiger charge is 2.25. The zero-order valence-electron chi connectivity index (χ0n) is 11.2. The van der Waals surface area contributed by atoms with E-state index >= 15 is 0 Å². The van der Waals surface area contributed by atoms with Crippen molar-refractivity contribution in [3.63, 3.8) is 0 Å². The van der Waals surface area contributed by atoms with Gasteiger partial charge in [-0.2, -0.15) is 0 Å². The summed E-state index contributed by atoms with van der Waals surface area (Å²) in [4.78, 5) is 24.0. The third-order valence-electron chi connectivity index (χ3n) is 2.65. The second-order valence-corrected chi connectivity index (χ2v) is 5.57. The van der Waals surface area contributed by atoms with E-state index in [1.807, 2.05) is 20.8 Å². The lowest BCUT2D eigenvalue weighted by Crippen LogP contribution is -2.51. The maximum absolute atomic E-state index is 11.9. The number of piperidine rings is 1. The number of nitrogens with one attached hydrogen (secondary N) is 1. The molecular formula is C12H22N2O4. The Bertz CT molecular complexity index is 304. The van der Waals surface area contributed by atoms with Crippen LogP contribution in [0.2, 0.25) is 0 Å². The first-order chi connectivity index (χ1) is 8.28. The minimum atomic E-state index is -0.956. The number of carboxylic acids is 1. The molecule has 18 heavy (non-hydrogen) atoms. The normalized spacial score (nSPS) is 17.6. The Morgan fingerprint density at radius 2 is 1.89 bits per heavy atom. The Morgan fingerprint density at radius 1 is 1.33 bits per heavy atom. The van der Waals surface area contributed by atoms with Crippen LogP contribution in [-0.4, -0.2) is 53.3 Å². The third-order valence-corrected chi connectivity index (χ3v) is 2.65. The van der Waals surface area contributed by atoms with Gasteiger partial charge < -0.3 is 20.1 Å². The topological polar surface area (TPSA) is 78.9 Å². The molecule has 2 amide bonds. The highest BCUT2D eigenvalue weighted by atomic mass is 16.5. The predicted molar refractivity (Wildman–Crippen MR) is 66.5 cm³/mol. The summed E-state index contributed by atoms with van der Waals surface area (Å²) in [5.74, 6) is -0.956. The molecule has 1 rings (SSSR count). The summed E-state index contributed by atoms with van der Waals surface area (Å²) in [7, 11) is 0. The van der Waals surface area contributed by atoms with E-state index in [0.717, 1.165) is 0 Å². The van der Waals surface area contributed by atoms with Crippen LogP contribution >= 0.6 is 0 Å². The summed E-state index contributed by atoms with van der Waals surface area (Å²) >= 11 is 0. The van der Waals surface area contributed by atoms with Crippen molar-refractivity contribution < 1.29 is 19.4 Å². The molecule has 1 aliphatic heterocycles. The Hall–Kier alpha value is -1.30. The zero-order valence-corrected chi connectivity index (χ0v) is 11.2. The van der Waals surface area contributed by atoms with Gasteiger partial charge >= 0.3 is 12.0 Å². The molecular weight excluding hydrogens is 236 g/mol. The molecule has 0 aromatic rings. The van der Waals surface area contributed by atoms with Crippen molar-refractivity contribution in [2.24, 2.45) is 0 Å². The van der Waals surface area contributed by atoms with E-state index in [0.29, 0.717) is 25.9 Å². The first-order valence-corrected chi connectivity index (χ1v) is 6.18. The van der Waals surface area contributed by atoms with Gasteiger partial charge in [0.2, 0.25) is 0 Å². The first-order valence-electron chi connectivity index (χ1n) is 6.18. The van der Waals surface area contributed by atoms with Crippen LogP contribution in [0.25, 0.3) is 0 Å². The van der Waals surface area contributed by atoms with Crippen molar-refractivity contribution in [1.29, 1.82) is 0 Å². The minimum Gasteiger partial charge on any atom is -0.480 e. The smallest absolute Gasteiger partial charge is 0.329 e. The van der Waals surface area contributed by atoms with Crippen molar-refractivity contribution in [2.75, 3.05) is 19.7 Å². The number of nitrogens with zero attached hydrogens (tertiary/aromatic N) is 1. The van der Waals surface area contributed by atoms with Gasteiger partial charge in [-0.3, -0.25) is 0 Å². The Kier molecular flexibility index (Phi) is 4.95. The van der Waals surface area contributed by atoms with Crippen LogP contribution in [-0.2, 0) is 9.53 Å². The van der Waals surface area contributed by atoms with Crippen LogP contribution in [0.3, 0.4) is 0 Å². The van der Waals surface area contributed by atoms with E-state index in [1.165, 1.54) is 0 Å². The largest absolute Gasteiger partial charge is 0.480 e. The van der Waals surface area contributed by atoms with Crippen molar-refractivity contribution >= 4 is 12.0 Å². The van der Waals surface area contributed by atoms with Crippen LogP contribution in [0.15, 0.2) is 0 Å². The molecule has 0 aromatic carbocycles. The van der Waals surface area contributed by atoms with Gasteiger partial charge in [0.1, 0.15) is 6.61 Å². The Morgan fingerprint density at radius 3 is 2.33 bits per heavy atom. The third kappa shape index (κ3) is 5.35. The average Bonchev–Trinajstić information content (AvgIpc) is 2.24. The summed E-state index contributed by atoms with van der Waals surface area (Å²) in [5, 5.41) is 11.4. The van der Waals surface area contributed by atoms with Gasteiger partial charge in [-0.25, -0.2) is 9.59 Å². The fourth-order valence-electron chi connectivity index (χ4n) is 1.81. The maximum atomic E-state index is 11.9. The Balaban J connectivity index is 2.30. The second-order valence-electron chi connectivity index (χ2n) is 5.57. The fourth-order valence-corrected chi connectivity index (χ4v) is 1.81. The van der Waals surface area contributed by atoms with Gasteiger partial charge in [-0.05, 0) is 33.6 Å². The molecule has 0 spiro atoms. The number of urea groups is 1. The molecule has 6 heteroatoms. The van der Waals surface area contributed by atoms with Crippen LogP contribution in [0.5, 0.6) is 0 Å². The Labute approximate surface area is 107 Å². The van der Waals surface area contributed by atoms with Gasteiger partial charge in [-0.1, -0.05) is 0 Å². The summed E-state index contributed by atoms with van der Waals surface area (Å²) < 4.78 is 5.22. The van der Waals surface area contributed by atoms with Gasteiger partial charge in [0.05, 0.1) is 6.10 Å². The second kappa shape index (κ2) is 6.04. The lowest BCUT2D eigenvalue weighted by atomic mass is 10.1. The molecule has 2 N–H and O–H groups in total. The number of amides is 2. The van der Waals surface area contributed by atoms with Gasteiger partial charge in [0, 0.05) is 18.6 Å². The SMILES string of the molecule is CC(C)(C)NC(=O)N1CCC(OCC(=O)O)CC1. The van der Waals surface area contributed by atoms with Crippen molar-refractivity contribution in [3.8, 4) is 0 Å². The molecule has 6 nitrogen and oxygen atoms in total. The van der Waals surface area contributed by atoms with E-state index in [2.05, 4.69) is 5.32 Å². The van der Waals surface area contributed by atoms with Crippen LogP contribution in [0.4, 0.5) is 4.79 Å².